The van der Waals surface area contributed by atoms with Gasteiger partial charge in [0.05, 0.1) is 31.5 Å². The zero-order valence-electron chi connectivity index (χ0n) is 18.4. The zero-order chi connectivity index (χ0) is 21.5. The number of para-hydroxylation sites is 2. The van der Waals surface area contributed by atoms with Crippen molar-refractivity contribution in [2.45, 2.75) is 32.1 Å². The number of carbonyl (C=O) groups excluding carboxylic acids is 1. The lowest BCUT2D eigenvalue weighted by atomic mass is 10.1. The average Bonchev–Trinajstić information content (AvgIpc) is 2.99. The molecular formula is C25H33N3O3. The maximum atomic E-state index is 11.7. The molecule has 2 heterocycles. The number of nitrogens with zero attached hydrogens (tertiary/aromatic N) is 2. The maximum absolute atomic E-state index is 11.7. The summed E-state index contributed by atoms with van der Waals surface area (Å²) in [5.41, 5.74) is 3.27. The van der Waals surface area contributed by atoms with E-state index in [0.717, 1.165) is 62.8 Å². The molecule has 0 aliphatic carbocycles. The van der Waals surface area contributed by atoms with E-state index in [0.29, 0.717) is 13.0 Å². The Labute approximate surface area is 185 Å². The smallest absolute Gasteiger partial charge is 0.227 e. The van der Waals surface area contributed by atoms with Crippen molar-refractivity contribution < 1.29 is 14.3 Å². The molecule has 2 aromatic rings. The highest BCUT2D eigenvalue weighted by molar-refractivity contribution is 5.93. The number of benzene rings is 2. The van der Waals surface area contributed by atoms with E-state index in [2.05, 4.69) is 39.4 Å². The van der Waals surface area contributed by atoms with Crippen LogP contribution in [0.15, 0.2) is 42.5 Å². The number of rotatable bonds is 8. The van der Waals surface area contributed by atoms with Crippen LogP contribution in [0, 0.1) is 0 Å². The van der Waals surface area contributed by atoms with Crippen LogP contribution in [0.25, 0.3) is 0 Å². The highest BCUT2D eigenvalue weighted by Gasteiger charge is 2.19. The molecule has 31 heavy (non-hydrogen) atoms. The van der Waals surface area contributed by atoms with Gasteiger partial charge in [-0.15, -0.1) is 0 Å². The minimum absolute atomic E-state index is 0.0294. The van der Waals surface area contributed by atoms with Gasteiger partial charge in [-0.1, -0.05) is 24.6 Å². The maximum Gasteiger partial charge on any atom is 0.227 e. The van der Waals surface area contributed by atoms with E-state index < -0.39 is 0 Å². The number of methoxy groups -OCH3 is 1. The minimum Gasteiger partial charge on any atom is -0.495 e. The average molecular weight is 424 g/mol. The van der Waals surface area contributed by atoms with Crippen molar-refractivity contribution in [2.75, 3.05) is 56.7 Å². The number of unbranched alkanes of at least 4 members (excludes halogenated alkanes) is 2. The Morgan fingerprint density at radius 2 is 1.87 bits per heavy atom. The van der Waals surface area contributed by atoms with Crippen molar-refractivity contribution in [3.05, 3.63) is 48.0 Å². The van der Waals surface area contributed by atoms with Crippen molar-refractivity contribution in [2.24, 2.45) is 0 Å². The first-order valence-corrected chi connectivity index (χ1v) is 11.4. The lowest BCUT2D eigenvalue weighted by Gasteiger charge is -2.36. The summed E-state index contributed by atoms with van der Waals surface area (Å²) in [6.07, 6.45) is 5.04. The number of ether oxygens (including phenoxy) is 2. The second-order valence-corrected chi connectivity index (χ2v) is 8.29. The highest BCUT2D eigenvalue weighted by atomic mass is 16.5. The van der Waals surface area contributed by atoms with Gasteiger partial charge in [0.1, 0.15) is 11.5 Å². The third-order valence-electron chi connectivity index (χ3n) is 6.14. The van der Waals surface area contributed by atoms with Gasteiger partial charge in [-0.25, -0.2) is 0 Å². The molecule has 0 aromatic heterocycles. The first-order valence-electron chi connectivity index (χ1n) is 11.4. The fourth-order valence-electron chi connectivity index (χ4n) is 4.37. The Kier molecular flexibility index (Phi) is 7.30. The van der Waals surface area contributed by atoms with Gasteiger partial charge >= 0.3 is 0 Å². The summed E-state index contributed by atoms with van der Waals surface area (Å²) in [5, 5.41) is 2.95. The quantitative estimate of drug-likeness (QED) is 0.652. The van der Waals surface area contributed by atoms with E-state index in [1.807, 2.05) is 18.2 Å². The highest BCUT2D eigenvalue weighted by Crippen LogP contribution is 2.29. The molecule has 0 radical (unpaired) electrons. The van der Waals surface area contributed by atoms with Crippen LogP contribution in [0.3, 0.4) is 0 Å². The molecule has 2 aromatic carbocycles. The van der Waals surface area contributed by atoms with Crippen LogP contribution in [-0.4, -0.2) is 57.2 Å². The van der Waals surface area contributed by atoms with Crippen LogP contribution >= 0.6 is 0 Å². The van der Waals surface area contributed by atoms with Crippen LogP contribution < -0.4 is 19.7 Å². The van der Waals surface area contributed by atoms with Gasteiger partial charge in [0.2, 0.25) is 5.91 Å². The summed E-state index contributed by atoms with van der Waals surface area (Å²) in [7, 11) is 1.74. The molecular weight excluding hydrogens is 390 g/mol. The van der Waals surface area contributed by atoms with Gasteiger partial charge in [-0.2, -0.15) is 0 Å². The summed E-state index contributed by atoms with van der Waals surface area (Å²) >= 11 is 0. The molecule has 4 rings (SSSR count). The second kappa shape index (κ2) is 10.5. The lowest BCUT2D eigenvalue weighted by Crippen LogP contribution is -2.46. The molecule has 166 valence electrons. The van der Waals surface area contributed by atoms with E-state index in [1.54, 1.807) is 7.11 Å². The van der Waals surface area contributed by atoms with Crippen LogP contribution in [0.4, 0.5) is 11.4 Å². The Balaban J connectivity index is 1.16. The summed E-state index contributed by atoms with van der Waals surface area (Å²) in [6.45, 7) is 5.90. The number of amides is 1. The fraction of sp³-hybridized carbons (Fsp3) is 0.480. The third kappa shape index (κ3) is 5.70. The van der Waals surface area contributed by atoms with Gasteiger partial charge in [0.25, 0.3) is 0 Å². The molecule has 1 N–H and O–H groups in total. The molecule has 0 saturated carbocycles. The zero-order valence-corrected chi connectivity index (χ0v) is 18.4. The van der Waals surface area contributed by atoms with E-state index in [4.69, 9.17) is 9.47 Å². The SMILES string of the molecule is COc1ccccc1N1CCN(CCCCCc2ccc3c(c2)NC(=O)CCO3)CC1. The minimum atomic E-state index is 0.0294. The molecule has 1 saturated heterocycles. The topological polar surface area (TPSA) is 54.0 Å². The predicted octanol–water partition coefficient (Wildman–Crippen LogP) is 3.95. The number of aryl methyl sites for hydroxylation is 1. The number of nitrogens with one attached hydrogen (secondary N) is 1. The van der Waals surface area contributed by atoms with Crippen LogP contribution in [-0.2, 0) is 11.2 Å². The van der Waals surface area contributed by atoms with Crippen molar-refractivity contribution in [3.8, 4) is 11.5 Å². The van der Waals surface area contributed by atoms with E-state index in [1.165, 1.54) is 24.1 Å². The number of hydrogen-bond acceptors (Lipinski definition) is 5. The van der Waals surface area contributed by atoms with Gasteiger partial charge in [0, 0.05) is 26.2 Å². The molecule has 2 aliphatic heterocycles. The van der Waals surface area contributed by atoms with Gasteiger partial charge in [0.15, 0.2) is 0 Å². The first kappa shape index (κ1) is 21.5. The molecule has 0 atom stereocenters. The van der Waals surface area contributed by atoms with E-state index >= 15 is 0 Å². The molecule has 6 heteroatoms. The van der Waals surface area contributed by atoms with Crippen LogP contribution in [0.2, 0.25) is 0 Å². The van der Waals surface area contributed by atoms with Gasteiger partial charge < -0.3 is 19.7 Å². The first-order chi connectivity index (χ1) is 15.2. The van der Waals surface area contributed by atoms with Crippen molar-refractivity contribution in [1.82, 2.24) is 4.90 Å². The fourth-order valence-corrected chi connectivity index (χ4v) is 4.37. The molecule has 0 unspecified atom stereocenters. The van der Waals surface area contributed by atoms with Crippen LogP contribution in [0.5, 0.6) is 11.5 Å². The lowest BCUT2D eigenvalue weighted by molar-refractivity contribution is -0.116. The molecule has 1 amide bonds. The number of piperazine rings is 1. The van der Waals surface area contributed by atoms with Crippen molar-refractivity contribution in [3.63, 3.8) is 0 Å². The van der Waals surface area contributed by atoms with Crippen molar-refractivity contribution >= 4 is 17.3 Å². The molecule has 0 spiro atoms. The summed E-state index contributed by atoms with van der Waals surface area (Å²) in [5.74, 6) is 1.77. The summed E-state index contributed by atoms with van der Waals surface area (Å²) in [4.78, 5) is 16.7. The number of carbonyl (C=O) groups is 1. The molecule has 1 fully saturated rings. The normalized spacial score (nSPS) is 16.8. The number of hydrogen-bond donors (Lipinski definition) is 1. The number of fused-ring (bicyclic) bond motifs is 1. The Morgan fingerprint density at radius 3 is 2.71 bits per heavy atom. The number of anilines is 2. The van der Waals surface area contributed by atoms with Crippen LogP contribution in [0.1, 0.15) is 31.2 Å². The summed E-state index contributed by atoms with van der Waals surface area (Å²) < 4.78 is 11.1. The standard InChI is InChI=1S/C25H33N3O3/c1-30-24-9-5-4-8-22(24)28-16-14-27(15-17-28)13-6-2-3-7-20-10-11-23-21(19-20)26-25(29)12-18-31-23/h4-5,8-11,19H,2-3,6-7,12-18H2,1H3,(H,26,29). The van der Waals surface area contributed by atoms with E-state index in [9.17, 15) is 4.79 Å². The monoisotopic (exact) mass is 423 g/mol. The molecule has 2 aliphatic rings. The van der Waals surface area contributed by atoms with E-state index in [-0.39, 0.29) is 5.91 Å². The van der Waals surface area contributed by atoms with Gasteiger partial charge in [-0.3, -0.25) is 9.69 Å². The summed E-state index contributed by atoms with van der Waals surface area (Å²) in [6, 6.07) is 14.4. The Bertz CT molecular complexity index is 878. The largest absolute Gasteiger partial charge is 0.495 e. The molecule has 0 bridgehead atoms. The third-order valence-corrected chi connectivity index (χ3v) is 6.14. The Morgan fingerprint density at radius 1 is 1.03 bits per heavy atom. The Hall–Kier alpha value is -2.73. The predicted molar refractivity (Wildman–Crippen MR) is 124 cm³/mol. The second-order valence-electron chi connectivity index (χ2n) is 8.29. The van der Waals surface area contributed by atoms with Gasteiger partial charge in [-0.05, 0) is 55.6 Å². The molecule has 6 nitrogen and oxygen atoms in total. The van der Waals surface area contributed by atoms with Crippen molar-refractivity contribution in [1.29, 1.82) is 0 Å².